The lowest BCUT2D eigenvalue weighted by atomic mass is 10.1. The largest absolute Gasteiger partial charge is 0.385 e. The molecule has 19 heavy (non-hydrogen) atoms. The highest BCUT2D eigenvalue weighted by atomic mass is 15.1. The van der Waals surface area contributed by atoms with Crippen molar-refractivity contribution in [3.05, 3.63) is 29.8 Å². The molecule has 1 aromatic carbocycles. The summed E-state index contributed by atoms with van der Waals surface area (Å²) in [5, 5.41) is 3.56. The fourth-order valence-electron chi connectivity index (χ4n) is 2.37. The Bertz CT molecular complexity index is 345. The second-order valence-corrected chi connectivity index (χ2v) is 5.44. The van der Waals surface area contributed by atoms with E-state index in [1.54, 1.807) is 0 Å². The van der Waals surface area contributed by atoms with Crippen LogP contribution in [0.25, 0.3) is 0 Å². The van der Waals surface area contributed by atoms with Crippen LogP contribution < -0.4 is 5.32 Å². The van der Waals surface area contributed by atoms with Gasteiger partial charge in [0.15, 0.2) is 0 Å². The van der Waals surface area contributed by atoms with Gasteiger partial charge in [0.2, 0.25) is 0 Å². The average molecular weight is 262 g/mol. The van der Waals surface area contributed by atoms with Crippen LogP contribution >= 0.6 is 0 Å². The van der Waals surface area contributed by atoms with E-state index in [9.17, 15) is 0 Å². The molecule has 0 aliphatic rings. The van der Waals surface area contributed by atoms with Crippen LogP contribution in [0.4, 0.5) is 5.69 Å². The zero-order valence-electron chi connectivity index (χ0n) is 13.1. The quantitative estimate of drug-likeness (QED) is 0.710. The topological polar surface area (TPSA) is 15.3 Å². The normalized spacial score (nSPS) is 12.7. The monoisotopic (exact) mass is 262 g/mol. The van der Waals surface area contributed by atoms with Crippen LogP contribution in [0.3, 0.4) is 0 Å². The fourth-order valence-corrected chi connectivity index (χ4v) is 2.37. The van der Waals surface area contributed by atoms with Crippen molar-refractivity contribution in [2.45, 2.75) is 47.1 Å². The molecule has 0 aliphatic carbocycles. The van der Waals surface area contributed by atoms with Gasteiger partial charge >= 0.3 is 0 Å². The summed E-state index contributed by atoms with van der Waals surface area (Å²) in [5.41, 5.74) is 2.66. The molecule has 0 aromatic heterocycles. The van der Waals surface area contributed by atoms with Gasteiger partial charge in [-0.25, -0.2) is 0 Å². The molecule has 0 amide bonds. The number of anilines is 1. The highest BCUT2D eigenvalue weighted by Crippen LogP contribution is 2.14. The molecular weight excluding hydrogens is 232 g/mol. The van der Waals surface area contributed by atoms with Crippen LogP contribution in [0.15, 0.2) is 24.3 Å². The van der Waals surface area contributed by atoms with Crippen molar-refractivity contribution in [1.29, 1.82) is 0 Å². The third kappa shape index (κ3) is 6.11. The molecule has 108 valence electrons. The van der Waals surface area contributed by atoms with Crippen molar-refractivity contribution in [2.24, 2.45) is 5.92 Å². The Hall–Kier alpha value is -1.02. The van der Waals surface area contributed by atoms with Gasteiger partial charge in [0.25, 0.3) is 0 Å². The first-order chi connectivity index (χ1) is 9.19. The van der Waals surface area contributed by atoms with E-state index in [0.717, 1.165) is 32.1 Å². The minimum absolute atomic E-state index is 0.747. The van der Waals surface area contributed by atoms with E-state index in [1.165, 1.54) is 24.1 Å². The molecule has 2 heteroatoms. The maximum absolute atomic E-state index is 3.56. The molecule has 1 N–H and O–H groups in total. The Labute approximate surface area is 119 Å². The van der Waals surface area contributed by atoms with Gasteiger partial charge in [-0.05, 0) is 43.1 Å². The highest BCUT2D eigenvalue weighted by Gasteiger charge is 2.03. The molecule has 0 heterocycles. The van der Waals surface area contributed by atoms with Crippen molar-refractivity contribution >= 4 is 5.69 Å². The molecule has 0 radical (unpaired) electrons. The third-order valence-corrected chi connectivity index (χ3v) is 3.66. The van der Waals surface area contributed by atoms with E-state index >= 15 is 0 Å². The van der Waals surface area contributed by atoms with Crippen molar-refractivity contribution in [3.8, 4) is 0 Å². The average Bonchev–Trinajstić information content (AvgIpc) is 2.43. The van der Waals surface area contributed by atoms with Crippen LogP contribution in [-0.4, -0.2) is 24.5 Å². The van der Waals surface area contributed by atoms with Gasteiger partial charge in [-0.3, -0.25) is 4.90 Å². The second-order valence-electron chi connectivity index (χ2n) is 5.44. The SMILES string of the molecule is CCCC(C)CNc1cccc(CN(CC)CC)c1. The smallest absolute Gasteiger partial charge is 0.0343 e. The van der Waals surface area contributed by atoms with Gasteiger partial charge in [0.05, 0.1) is 0 Å². The summed E-state index contributed by atoms with van der Waals surface area (Å²) in [4.78, 5) is 2.44. The van der Waals surface area contributed by atoms with Gasteiger partial charge in [0.1, 0.15) is 0 Å². The molecule has 1 rings (SSSR count). The van der Waals surface area contributed by atoms with E-state index in [-0.39, 0.29) is 0 Å². The number of hydrogen-bond donors (Lipinski definition) is 1. The van der Waals surface area contributed by atoms with Crippen LogP contribution in [0, 0.1) is 5.92 Å². The molecule has 1 atom stereocenters. The molecule has 2 nitrogen and oxygen atoms in total. The minimum atomic E-state index is 0.747. The molecule has 0 aliphatic heterocycles. The number of benzene rings is 1. The summed E-state index contributed by atoms with van der Waals surface area (Å²) in [7, 11) is 0. The zero-order chi connectivity index (χ0) is 14.1. The van der Waals surface area contributed by atoms with Crippen LogP contribution in [0.2, 0.25) is 0 Å². The van der Waals surface area contributed by atoms with E-state index in [0.29, 0.717) is 0 Å². The van der Waals surface area contributed by atoms with Crippen LogP contribution in [-0.2, 0) is 6.54 Å². The third-order valence-electron chi connectivity index (χ3n) is 3.66. The molecular formula is C17H30N2. The van der Waals surface area contributed by atoms with Crippen molar-refractivity contribution < 1.29 is 0 Å². The first kappa shape index (κ1) is 16.0. The Balaban J connectivity index is 2.51. The number of nitrogens with zero attached hydrogens (tertiary/aromatic N) is 1. The molecule has 0 fully saturated rings. The zero-order valence-corrected chi connectivity index (χ0v) is 13.1. The van der Waals surface area contributed by atoms with Crippen LogP contribution in [0.1, 0.15) is 46.1 Å². The molecule has 1 unspecified atom stereocenters. The summed E-state index contributed by atoms with van der Waals surface area (Å²) in [6, 6.07) is 8.84. The van der Waals surface area contributed by atoms with E-state index in [2.05, 4.69) is 62.2 Å². The summed E-state index contributed by atoms with van der Waals surface area (Å²) in [5.74, 6) is 0.747. The Morgan fingerprint density at radius 1 is 1.16 bits per heavy atom. The van der Waals surface area contributed by atoms with Crippen molar-refractivity contribution in [3.63, 3.8) is 0 Å². The summed E-state index contributed by atoms with van der Waals surface area (Å²) in [6.45, 7) is 13.4. The van der Waals surface area contributed by atoms with E-state index in [1.807, 2.05) is 0 Å². The van der Waals surface area contributed by atoms with E-state index in [4.69, 9.17) is 0 Å². The second kappa shape index (κ2) is 8.98. The maximum atomic E-state index is 3.56. The van der Waals surface area contributed by atoms with Gasteiger partial charge < -0.3 is 5.32 Å². The molecule has 0 bridgehead atoms. The van der Waals surface area contributed by atoms with E-state index < -0.39 is 0 Å². The molecule has 0 spiro atoms. The summed E-state index contributed by atoms with van der Waals surface area (Å²) < 4.78 is 0. The molecule has 0 saturated heterocycles. The lowest BCUT2D eigenvalue weighted by molar-refractivity contribution is 0.296. The maximum Gasteiger partial charge on any atom is 0.0343 e. The van der Waals surface area contributed by atoms with Gasteiger partial charge in [-0.2, -0.15) is 0 Å². The number of hydrogen-bond acceptors (Lipinski definition) is 2. The lowest BCUT2D eigenvalue weighted by Crippen LogP contribution is -2.22. The minimum Gasteiger partial charge on any atom is -0.385 e. The Morgan fingerprint density at radius 2 is 1.89 bits per heavy atom. The molecule has 0 saturated carbocycles. The fraction of sp³-hybridized carbons (Fsp3) is 0.647. The van der Waals surface area contributed by atoms with Gasteiger partial charge in [0, 0.05) is 18.8 Å². The Kier molecular flexibility index (Phi) is 7.57. The Morgan fingerprint density at radius 3 is 2.53 bits per heavy atom. The van der Waals surface area contributed by atoms with Gasteiger partial charge in [-0.15, -0.1) is 0 Å². The number of rotatable bonds is 9. The lowest BCUT2D eigenvalue weighted by Gasteiger charge is -2.19. The first-order valence-corrected chi connectivity index (χ1v) is 7.74. The van der Waals surface area contributed by atoms with Gasteiger partial charge in [-0.1, -0.05) is 46.2 Å². The van der Waals surface area contributed by atoms with Crippen LogP contribution in [0.5, 0.6) is 0 Å². The number of nitrogens with one attached hydrogen (secondary N) is 1. The predicted octanol–water partition coefficient (Wildman–Crippen LogP) is 4.38. The van der Waals surface area contributed by atoms with Crippen molar-refractivity contribution in [1.82, 2.24) is 4.90 Å². The predicted molar refractivity (Wildman–Crippen MR) is 85.6 cm³/mol. The van der Waals surface area contributed by atoms with Crippen molar-refractivity contribution in [2.75, 3.05) is 25.0 Å². The molecule has 1 aromatic rings. The highest BCUT2D eigenvalue weighted by molar-refractivity contribution is 5.45. The standard InChI is InChI=1S/C17H30N2/c1-5-9-15(4)13-18-17-11-8-10-16(12-17)14-19(6-2)7-3/h8,10-12,15,18H,5-7,9,13-14H2,1-4H3. The summed E-state index contributed by atoms with van der Waals surface area (Å²) >= 11 is 0. The first-order valence-electron chi connectivity index (χ1n) is 7.74. The summed E-state index contributed by atoms with van der Waals surface area (Å²) in [6.07, 6.45) is 2.57.